The fraction of sp³-hybridized carbons (Fsp3) is 0.385. The number of hydrogen-bond acceptors (Lipinski definition) is 5. The topological polar surface area (TPSA) is 93.1 Å². The van der Waals surface area contributed by atoms with E-state index in [1.165, 1.54) is 0 Å². The van der Waals surface area contributed by atoms with Gasteiger partial charge in [0.05, 0.1) is 28.7 Å². The summed E-state index contributed by atoms with van der Waals surface area (Å²) >= 11 is 0. The molecule has 1 aliphatic carbocycles. The Morgan fingerprint density at radius 1 is 1.15 bits per heavy atom. The highest BCUT2D eigenvalue weighted by atomic mass is 32.2. The number of carbonyl (C=O) groups is 1. The number of sulfone groups is 1. The maximum absolute atomic E-state index is 13.5. The van der Waals surface area contributed by atoms with Crippen molar-refractivity contribution >= 4 is 15.7 Å². The molecule has 2 aromatic carbocycles. The molecule has 3 atom stereocenters. The molecule has 5 rings (SSSR count). The Morgan fingerprint density at radius 3 is 2.50 bits per heavy atom. The molecule has 1 saturated heterocycles. The monoisotopic (exact) mass is 478 g/mol. The minimum Gasteiger partial charge on any atom is -0.350 e. The van der Waals surface area contributed by atoms with E-state index < -0.39 is 20.5 Å². The third kappa shape index (κ3) is 3.75. The zero-order valence-corrected chi connectivity index (χ0v) is 20.3. The van der Waals surface area contributed by atoms with E-state index in [2.05, 4.69) is 24.5 Å². The van der Waals surface area contributed by atoms with Gasteiger partial charge in [0, 0.05) is 24.7 Å². The molecule has 2 N–H and O–H groups in total. The number of hydrogen-bond donors (Lipinski definition) is 2. The van der Waals surface area contributed by atoms with E-state index in [-0.39, 0.29) is 23.3 Å². The van der Waals surface area contributed by atoms with E-state index in [1.807, 2.05) is 41.1 Å². The van der Waals surface area contributed by atoms with Gasteiger partial charge >= 0.3 is 0 Å². The van der Waals surface area contributed by atoms with Crippen molar-refractivity contribution in [2.24, 2.45) is 17.8 Å². The lowest BCUT2D eigenvalue weighted by Crippen LogP contribution is -2.38. The van der Waals surface area contributed by atoms with Crippen LogP contribution in [-0.2, 0) is 27.6 Å². The highest BCUT2D eigenvalue weighted by molar-refractivity contribution is 7.93. The fourth-order valence-electron chi connectivity index (χ4n) is 5.34. The van der Waals surface area contributed by atoms with Gasteiger partial charge in [-0.25, -0.2) is 13.1 Å². The van der Waals surface area contributed by atoms with Gasteiger partial charge in [0.25, 0.3) is 0 Å². The summed E-state index contributed by atoms with van der Waals surface area (Å²) in [5, 5.41) is 10.9. The van der Waals surface area contributed by atoms with Gasteiger partial charge < -0.3 is 10.6 Å². The first-order chi connectivity index (χ1) is 16.3. The Kier molecular flexibility index (Phi) is 5.81. The number of fused-ring (bicyclic) bond motifs is 1. The van der Waals surface area contributed by atoms with Gasteiger partial charge in [0.15, 0.2) is 9.84 Å². The van der Waals surface area contributed by atoms with Crippen LogP contribution in [0, 0.1) is 17.8 Å². The van der Waals surface area contributed by atoms with Crippen LogP contribution in [0.25, 0.3) is 5.69 Å². The second-order valence-corrected chi connectivity index (χ2v) is 11.9. The van der Waals surface area contributed by atoms with E-state index in [9.17, 15) is 13.2 Å². The Balaban J connectivity index is 1.34. The molecule has 2 heterocycles. The summed E-state index contributed by atoms with van der Waals surface area (Å²) in [6, 6.07) is 20.4. The number of nitrogens with zero attached hydrogens (tertiary/aromatic N) is 2. The van der Waals surface area contributed by atoms with Gasteiger partial charge in [0.1, 0.15) is 4.75 Å². The normalized spacial score (nSPS) is 23.6. The molecule has 1 aliphatic heterocycles. The van der Waals surface area contributed by atoms with E-state index in [0.29, 0.717) is 19.0 Å². The van der Waals surface area contributed by atoms with E-state index >= 15 is 0 Å². The molecule has 0 radical (unpaired) electrons. The number of carbonyl (C=O) groups excluding carboxylic acids is 1. The minimum absolute atomic E-state index is 0.212. The minimum atomic E-state index is -3.64. The lowest BCUT2D eigenvalue weighted by Gasteiger charge is -2.16. The van der Waals surface area contributed by atoms with Gasteiger partial charge in [-0.1, -0.05) is 50.2 Å². The molecule has 3 aromatic rings. The van der Waals surface area contributed by atoms with Crippen LogP contribution < -0.4 is 10.6 Å². The van der Waals surface area contributed by atoms with E-state index in [0.717, 1.165) is 23.5 Å². The zero-order chi connectivity index (χ0) is 23.9. The Hall–Kier alpha value is -2.97. The molecule has 0 spiro atoms. The average molecular weight is 479 g/mol. The number of aromatic nitrogens is 2. The standard InChI is InChI=1S/C26H30N4O3S/c1-18(2)13-21-14-19(29-30(21)20-9-5-3-6-10-20)15-28-25(31)24-23-16-27-17-26(23,24)34(32,33)22-11-7-4-8-12-22/h3-12,14,18,23-24,27H,13,15-17H2,1-2H3,(H,28,31). The van der Waals surface area contributed by atoms with Crippen LogP contribution in [0.4, 0.5) is 0 Å². The molecule has 1 aromatic heterocycles. The van der Waals surface area contributed by atoms with Crippen molar-refractivity contribution in [1.29, 1.82) is 0 Å². The summed E-state index contributed by atoms with van der Waals surface area (Å²) in [6.45, 7) is 5.42. The zero-order valence-electron chi connectivity index (χ0n) is 19.4. The molecule has 2 aliphatic rings. The Bertz CT molecular complexity index is 1290. The van der Waals surface area contributed by atoms with Gasteiger partial charge in [-0.2, -0.15) is 5.10 Å². The third-order valence-electron chi connectivity index (χ3n) is 6.94. The average Bonchev–Trinajstić information content (AvgIpc) is 3.10. The maximum Gasteiger partial charge on any atom is 0.225 e. The van der Waals surface area contributed by atoms with Crippen LogP contribution in [0.3, 0.4) is 0 Å². The molecular formula is C26H30N4O3S. The van der Waals surface area contributed by atoms with Crippen molar-refractivity contribution in [3.8, 4) is 5.69 Å². The lowest BCUT2D eigenvalue weighted by molar-refractivity contribution is -0.123. The fourth-order valence-corrected chi connectivity index (χ4v) is 7.74. The van der Waals surface area contributed by atoms with Crippen molar-refractivity contribution in [2.75, 3.05) is 13.1 Å². The second-order valence-electron chi connectivity index (χ2n) is 9.68. The summed E-state index contributed by atoms with van der Waals surface area (Å²) in [6.07, 6.45) is 0.866. The molecule has 8 heteroatoms. The van der Waals surface area contributed by atoms with Crippen molar-refractivity contribution in [3.05, 3.63) is 78.1 Å². The number of piperidine rings is 1. The maximum atomic E-state index is 13.5. The molecule has 1 saturated carbocycles. The Labute approximate surface area is 200 Å². The van der Waals surface area contributed by atoms with Gasteiger partial charge in [-0.05, 0) is 42.7 Å². The number of benzene rings is 2. The van der Waals surface area contributed by atoms with Crippen LogP contribution >= 0.6 is 0 Å². The van der Waals surface area contributed by atoms with Gasteiger partial charge in [-0.15, -0.1) is 0 Å². The highest BCUT2D eigenvalue weighted by Gasteiger charge is 2.77. The van der Waals surface area contributed by atoms with Gasteiger partial charge in [0.2, 0.25) is 5.91 Å². The highest BCUT2D eigenvalue weighted by Crippen LogP contribution is 2.60. The first-order valence-electron chi connectivity index (χ1n) is 11.8. The van der Waals surface area contributed by atoms with Crippen molar-refractivity contribution in [3.63, 3.8) is 0 Å². The quantitative estimate of drug-likeness (QED) is 0.519. The van der Waals surface area contributed by atoms with Crippen LogP contribution in [0.2, 0.25) is 0 Å². The molecule has 178 valence electrons. The molecule has 3 unspecified atom stereocenters. The first-order valence-corrected chi connectivity index (χ1v) is 13.2. The Morgan fingerprint density at radius 2 is 1.82 bits per heavy atom. The SMILES string of the molecule is CC(C)Cc1cc(CNC(=O)C2C3CNCC32S(=O)(=O)c2ccccc2)nn1-c1ccccc1. The summed E-state index contributed by atoms with van der Waals surface area (Å²) in [5.74, 6) is -0.518. The summed E-state index contributed by atoms with van der Waals surface area (Å²) in [5.41, 5.74) is 2.82. The van der Waals surface area contributed by atoms with Crippen molar-refractivity contribution in [1.82, 2.24) is 20.4 Å². The van der Waals surface area contributed by atoms with Crippen LogP contribution in [0.5, 0.6) is 0 Å². The molecular weight excluding hydrogens is 448 g/mol. The van der Waals surface area contributed by atoms with Gasteiger partial charge in [-0.3, -0.25) is 4.79 Å². The molecule has 2 fully saturated rings. The lowest BCUT2D eigenvalue weighted by atomic mass is 10.1. The van der Waals surface area contributed by atoms with Crippen LogP contribution in [0.15, 0.2) is 71.6 Å². The summed E-state index contributed by atoms with van der Waals surface area (Å²) in [7, 11) is -3.64. The van der Waals surface area contributed by atoms with Crippen molar-refractivity contribution in [2.45, 2.75) is 36.5 Å². The third-order valence-corrected chi connectivity index (χ3v) is 9.54. The van der Waals surface area contributed by atoms with E-state index in [1.54, 1.807) is 30.3 Å². The predicted octanol–water partition coefficient (Wildman–Crippen LogP) is 2.75. The van der Waals surface area contributed by atoms with Crippen LogP contribution in [0.1, 0.15) is 25.2 Å². The number of amides is 1. The molecule has 34 heavy (non-hydrogen) atoms. The largest absolute Gasteiger partial charge is 0.350 e. The summed E-state index contributed by atoms with van der Waals surface area (Å²) < 4.78 is 27.8. The smallest absolute Gasteiger partial charge is 0.225 e. The number of nitrogens with one attached hydrogen (secondary N) is 2. The second kappa shape index (κ2) is 8.67. The predicted molar refractivity (Wildman–Crippen MR) is 130 cm³/mol. The number of para-hydroxylation sites is 1. The van der Waals surface area contributed by atoms with Crippen LogP contribution in [-0.4, -0.2) is 41.9 Å². The molecule has 1 amide bonds. The molecule has 7 nitrogen and oxygen atoms in total. The van der Waals surface area contributed by atoms with Crippen molar-refractivity contribution < 1.29 is 13.2 Å². The summed E-state index contributed by atoms with van der Waals surface area (Å²) in [4.78, 5) is 13.5. The van der Waals surface area contributed by atoms with E-state index in [4.69, 9.17) is 5.10 Å². The first kappa shape index (κ1) is 22.8. The molecule has 0 bridgehead atoms. The number of rotatable bonds is 8.